The summed E-state index contributed by atoms with van der Waals surface area (Å²) in [4.78, 5) is 26.7. The van der Waals surface area contributed by atoms with E-state index in [0.717, 1.165) is 35.5 Å². The third-order valence-electron chi connectivity index (χ3n) is 5.01. The van der Waals surface area contributed by atoms with Crippen molar-refractivity contribution in [1.82, 2.24) is 10.2 Å². The van der Waals surface area contributed by atoms with Crippen LogP contribution in [0.4, 0.5) is 0 Å². The number of carbonyl (C=O) groups excluding carboxylic acids is 2. The van der Waals surface area contributed by atoms with Gasteiger partial charge in [0, 0.05) is 12.1 Å². The molecule has 0 saturated carbocycles. The minimum atomic E-state index is -0.158. The zero-order chi connectivity index (χ0) is 19.9. The fourth-order valence-corrected chi connectivity index (χ4v) is 3.61. The molecule has 1 aliphatic heterocycles. The van der Waals surface area contributed by atoms with Crippen LogP contribution in [-0.4, -0.2) is 44.0 Å². The van der Waals surface area contributed by atoms with Crippen molar-refractivity contribution in [3.05, 3.63) is 59.7 Å². The Bertz CT molecular complexity index is 823. The lowest BCUT2D eigenvalue weighted by Crippen LogP contribution is -2.40. The maximum Gasteiger partial charge on any atom is 0.242 e. The molecule has 2 aromatic carbocycles. The smallest absolute Gasteiger partial charge is 0.242 e. The minimum absolute atomic E-state index is 0.00551. The molecule has 1 N–H and O–H groups in total. The van der Waals surface area contributed by atoms with E-state index < -0.39 is 0 Å². The number of nitrogens with one attached hydrogen (secondary N) is 1. The molecule has 148 valence electrons. The lowest BCUT2D eigenvalue weighted by atomic mass is 10.0. The van der Waals surface area contributed by atoms with Crippen LogP contribution in [-0.2, 0) is 16.0 Å². The van der Waals surface area contributed by atoms with Crippen LogP contribution in [0, 0.1) is 0 Å². The first-order valence-electron chi connectivity index (χ1n) is 9.44. The molecule has 1 unspecified atom stereocenters. The van der Waals surface area contributed by atoms with Crippen LogP contribution >= 0.6 is 0 Å². The minimum Gasteiger partial charge on any atom is -0.497 e. The Labute approximate surface area is 165 Å². The summed E-state index contributed by atoms with van der Waals surface area (Å²) in [6, 6.07) is 15.0. The Hall–Kier alpha value is -3.02. The van der Waals surface area contributed by atoms with Crippen molar-refractivity contribution in [2.75, 3.05) is 27.3 Å². The Morgan fingerprint density at radius 1 is 1.11 bits per heavy atom. The molecule has 1 saturated heterocycles. The highest BCUT2D eigenvalue weighted by atomic mass is 16.5. The quantitative estimate of drug-likeness (QED) is 0.800. The summed E-state index contributed by atoms with van der Waals surface area (Å²) in [5.74, 6) is 1.22. The normalized spacial score (nSPS) is 15.9. The van der Waals surface area contributed by atoms with Crippen LogP contribution < -0.4 is 14.8 Å². The highest BCUT2D eigenvalue weighted by Gasteiger charge is 2.32. The van der Waals surface area contributed by atoms with Gasteiger partial charge in [-0.3, -0.25) is 9.59 Å². The van der Waals surface area contributed by atoms with Gasteiger partial charge >= 0.3 is 0 Å². The van der Waals surface area contributed by atoms with E-state index in [1.165, 1.54) is 0 Å². The molecule has 2 amide bonds. The Balaban J connectivity index is 1.64. The van der Waals surface area contributed by atoms with E-state index in [9.17, 15) is 9.59 Å². The van der Waals surface area contributed by atoms with Crippen molar-refractivity contribution >= 4 is 11.8 Å². The number of benzene rings is 2. The second-order valence-electron chi connectivity index (χ2n) is 6.79. The van der Waals surface area contributed by atoms with Crippen molar-refractivity contribution < 1.29 is 19.1 Å². The summed E-state index contributed by atoms with van der Waals surface area (Å²) in [7, 11) is 3.24. The van der Waals surface area contributed by atoms with Gasteiger partial charge in [0.2, 0.25) is 11.8 Å². The number of nitrogens with zero attached hydrogens (tertiary/aromatic N) is 1. The molecule has 0 radical (unpaired) electrons. The van der Waals surface area contributed by atoms with E-state index in [1.807, 2.05) is 53.4 Å². The van der Waals surface area contributed by atoms with Crippen LogP contribution in [0.3, 0.4) is 0 Å². The van der Waals surface area contributed by atoms with Crippen LogP contribution in [0.1, 0.15) is 30.0 Å². The average Bonchev–Trinajstić information content (AvgIpc) is 3.22. The molecule has 1 aliphatic rings. The zero-order valence-electron chi connectivity index (χ0n) is 16.3. The first kappa shape index (κ1) is 19.7. The summed E-state index contributed by atoms with van der Waals surface area (Å²) in [5, 5.41) is 2.74. The fraction of sp³-hybridized carbons (Fsp3) is 0.364. The molecule has 1 fully saturated rings. The average molecular weight is 382 g/mol. The van der Waals surface area contributed by atoms with Crippen LogP contribution in [0.5, 0.6) is 11.5 Å². The van der Waals surface area contributed by atoms with E-state index in [1.54, 1.807) is 14.2 Å². The van der Waals surface area contributed by atoms with E-state index in [2.05, 4.69) is 5.32 Å². The monoisotopic (exact) mass is 382 g/mol. The van der Waals surface area contributed by atoms with Crippen LogP contribution in [0.25, 0.3) is 0 Å². The highest BCUT2D eigenvalue weighted by Crippen LogP contribution is 2.38. The number of ether oxygens (including phenoxy) is 2. The molecule has 2 aromatic rings. The molecule has 6 heteroatoms. The van der Waals surface area contributed by atoms with Crippen LogP contribution in [0.15, 0.2) is 48.5 Å². The van der Waals surface area contributed by atoms with Gasteiger partial charge in [-0.15, -0.1) is 0 Å². The van der Waals surface area contributed by atoms with Gasteiger partial charge in [0.15, 0.2) is 0 Å². The third kappa shape index (κ3) is 4.63. The highest BCUT2D eigenvalue weighted by molar-refractivity contribution is 5.86. The summed E-state index contributed by atoms with van der Waals surface area (Å²) in [6.07, 6.45) is 2.03. The van der Waals surface area contributed by atoms with Gasteiger partial charge in [-0.05, 0) is 36.6 Å². The van der Waals surface area contributed by atoms with Gasteiger partial charge in [-0.25, -0.2) is 0 Å². The topological polar surface area (TPSA) is 67.9 Å². The lowest BCUT2D eigenvalue weighted by molar-refractivity contribution is -0.133. The molecule has 0 aliphatic carbocycles. The van der Waals surface area contributed by atoms with Gasteiger partial charge in [-0.2, -0.15) is 0 Å². The van der Waals surface area contributed by atoms with Gasteiger partial charge in [0.1, 0.15) is 11.5 Å². The summed E-state index contributed by atoms with van der Waals surface area (Å²) >= 11 is 0. The first-order valence-corrected chi connectivity index (χ1v) is 9.44. The van der Waals surface area contributed by atoms with Crippen LogP contribution in [0.2, 0.25) is 0 Å². The van der Waals surface area contributed by atoms with Crippen molar-refractivity contribution in [1.29, 1.82) is 0 Å². The lowest BCUT2D eigenvalue weighted by Gasteiger charge is -2.27. The standard InChI is InChI=1S/C22H26N2O4/c1-27-17-10-11-20(28-2)18(14-17)19-9-6-12-24(19)22(26)15-23-21(25)13-16-7-4-3-5-8-16/h3-5,7-8,10-11,14,19H,6,9,12-13,15H2,1-2H3,(H,23,25). The zero-order valence-corrected chi connectivity index (χ0v) is 16.3. The van der Waals surface area contributed by atoms with Crippen molar-refractivity contribution in [2.24, 2.45) is 0 Å². The van der Waals surface area contributed by atoms with E-state index in [4.69, 9.17) is 9.47 Å². The third-order valence-corrected chi connectivity index (χ3v) is 5.01. The predicted octanol–water partition coefficient (Wildman–Crippen LogP) is 2.73. The molecule has 0 aromatic heterocycles. The molecule has 3 rings (SSSR count). The number of rotatable bonds is 7. The summed E-state index contributed by atoms with van der Waals surface area (Å²) in [5.41, 5.74) is 1.86. The molecule has 6 nitrogen and oxygen atoms in total. The van der Waals surface area contributed by atoms with Gasteiger partial charge in [0.25, 0.3) is 0 Å². The maximum atomic E-state index is 12.8. The number of hydrogen-bond acceptors (Lipinski definition) is 4. The van der Waals surface area contributed by atoms with E-state index >= 15 is 0 Å². The van der Waals surface area contributed by atoms with Crippen molar-refractivity contribution in [2.45, 2.75) is 25.3 Å². The summed E-state index contributed by atoms with van der Waals surface area (Å²) in [6.45, 7) is 0.660. The summed E-state index contributed by atoms with van der Waals surface area (Å²) < 4.78 is 10.8. The Morgan fingerprint density at radius 2 is 1.89 bits per heavy atom. The SMILES string of the molecule is COc1ccc(OC)c(C2CCCN2C(=O)CNC(=O)Cc2ccccc2)c1. The molecule has 1 heterocycles. The number of amides is 2. The number of likely N-dealkylation sites (tertiary alicyclic amines) is 1. The second kappa shape index (κ2) is 9.26. The van der Waals surface area contributed by atoms with E-state index in [0.29, 0.717) is 6.54 Å². The number of hydrogen-bond donors (Lipinski definition) is 1. The van der Waals surface area contributed by atoms with Gasteiger partial charge in [-0.1, -0.05) is 30.3 Å². The molecular formula is C22H26N2O4. The first-order chi connectivity index (χ1) is 13.6. The molecule has 0 spiro atoms. The molecular weight excluding hydrogens is 356 g/mol. The van der Waals surface area contributed by atoms with Crippen molar-refractivity contribution in [3.63, 3.8) is 0 Å². The van der Waals surface area contributed by atoms with Crippen molar-refractivity contribution in [3.8, 4) is 11.5 Å². The second-order valence-corrected chi connectivity index (χ2v) is 6.79. The fourth-order valence-electron chi connectivity index (χ4n) is 3.61. The maximum absolute atomic E-state index is 12.8. The molecule has 28 heavy (non-hydrogen) atoms. The predicted molar refractivity (Wildman–Crippen MR) is 106 cm³/mol. The van der Waals surface area contributed by atoms with Gasteiger partial charge in [0.05, 0.1) is 33.2 Å². The number of methoxy groups -OCH3 is 2. The number of carbonyl (C=O) groups is 2. The van der Waals surface area contributed by atoms with E-state index in [-0.39, 0.29) is 30.8 Å². The largest absolute Gasteiger partial charge is 0.497 e. The molecule has 1 atom stereocenters. The molecule has 0 bridgehead atoms. The Morgan fingerprint density at radius 3 is 2.61 bits per heavy atom. The van der Waals surface area contributed by atoms with Gasteiger partial charge < -0.3 is 19.7 Å². The Kier molecular flexibility index (Phi) is 6.53.